The highest BCUT2D eigenvalue weighted by Crippen LogP contribution is 2.24. The number of fused-ring (bicyclic) bond motifs is 1. The summed E-state index contributed by atoms with van der Waals surface area (Å²) in [5, 5.41) is 2.80. The Morgan fingerprint density at radius 3 is 2.32 bits per heavy atom. The third kappa shape index (κ3) is 6.21. The SMILES string of the molecule is CC(C)c1ccc(NC(=O)Cn2c(=O)n(CCCS(=O)(=O)C3CCCCC3)c(=O)c3ccccc32)cc1. The minimum absolute atomic E-state index is 0.0211. The molecule has 0 radical (unpaired) electrons. The van der Waals surface area contributed by atoms with Gasteiger partial charge in [0, 0.05) is 12.2 Å². The van der Waals surface area contributed by atoms with Gasteiger partial charge in [-0.3, -0.25) is 18.7 Å². The number of benzene rings is 2. The van der Waals surface area contributed by atoms with Crippen LogP contribution in [0.3, 0.4) is 0 Å². The number of anilines is 1. The van der Waals surface area contributed by atoms with E-state index in [9.17, 15) is 22.8 Å². The first-order valence-electron chi connectivity index (χ1n) is 13.0. The van der Waals surface area contributed by atoms with Crippen molar-refractivity contribution >= 4 is 32.3 Å². The third-order valence-electron chi connectivity index (χ3n) is 7.17. The van der Waals surface area contributed by atoms with Crippen LogP contribution in [0.5, 0.6) is 0 Å². The highest BCUT2D eigenvalue weighted by molar-refractivity contribution is 7.92. The highest BCUT2D eigenvalue weighted by Gasteiger charge is 2.27. The fourth-order valence-electron chi connectivity index (χ4n) is 5.03. The minimum atomic E-state index is -3.28. The Labute approximate surface area is 217 Å². The van der Waals surface area contributed by atoms with Crippen LogP contribution in [0.1, 0.15) is 63.9 Å². The van der Waals surface area contributed by atoms with Gasteiger partial charge in [0.2, 0.25) is 5.91 Å². The number of carbonyl (C=O) groups excluding carboxylic acids is 1. The summed E-state index contributed by atoms with van der Waals surface area (Å²) in [6.45, 7) is 3.88. The molecule has 0 spiro atoms. The molecule has 1 aliphatic rings. The fraction of sp³-hybridized carbons (Fsp3) is 0.464. The van der Waals surface area contributed by atoms with Gasteiger partial charge in [0.15, 0.2) is 9.84 Å². The van der Waals surface area contributed by atoms with Crippen molar-refractivity contribution in [3.63, 3.8) is 0 Å². The zero-order valence-electron chi connectivity index (χ0n) is 21.5. The van der Waals surface area contributed by atoms with Gasteiger partial charge in [-0.1, -0.05) is 57.4 Å². The quantitative estimate of drug-likeness (QED) is 0.453. The van der Waals surface area contributed by atoms with Gasteiger partial charge in [0.25, 0.3) is 5.56 Å². The molecule has 0 atom stereocenters. The van der Waals surface area contributed by atoms with Gasteiger partial charge in [-0.25, -0.2) is 13.2 Å². The molecular weight excluding hydrogens is 490 g/mol. The van der Waals surface area contributed by atoms with Crippen molar-refractivity contribution in [3.05, 3.63) is 74.9 Å². The molecule has 1 aromatic heterocycles. The average molecular weight is 526 g/mol. The maximum Gasteiger partial charge on any atom is 0.331 e. The molecule has 3 aromatic rings. The number of hydrogen-bond donors (Lipinski definition) is 1. The van der Waals surface area contributed by atoms with Gasteiger partial charge >= 0.3 is 5.69 Å². The van der Waals surface area contributed by atoms with E-state index < -0.39 is 27.0 Å². The molecule has 0 bridgehead atoms. The van der Waals surface area contributed by atoms with Crippen LogP contribution in [0.2, 0.25) is 0 Å². The van der Waals surface area contributed by atoms with Crippen LogP contribution in [0.25, 0.3) is 10.9 Å². The van der Waals surface area contributed by atoms with E-state index >= 15 is 0 Å². The first-order chi connectivity index (χ1) is 17.7. The molecule has 1 saturated carbocycles. The van der Waals surface area contributed by atoms with Crippen LogP contribution < -0.4 is 16.6 Å². The van der Waals surface area contributed by atoms with E-state index in [0.717, 1.165) is 29.4 Å². The topological polar surface area (TPSA) is 107 Å². The van der Waals surface area contributed by atoms with Crippen LogP contribution in [0.15, 0.2) is 58.1 Å². The van der Waals surface area contributed by atoms with Crippen LogP contribution in [-0.4, -0.2) is 34.5 Å². The molecule has 0 unspecified atom stereocenters. The molecule has 2 aromatic carbocycles. The Kier molecular flexibility index (Phi) is 8.32. The Morgan fingerprint density at radius 1 is 0.973 bits per heavy atom. The zero-order valence-corrected chi connectivity index (χ0v) is 22.3. The normalized spacial score (nSPS) is 14.8. The second-order valence-corrected chi connectivity index (χ2v) is 12.5. The molecule has 4 rings (SSSR count). The van der Waals surface area contributed by atoms with Gasteiger partial charge < -0.3 is 5.32 Å². The summed E-state index contributed by atoms with van der Waals surface area (Å²) in [6.07, 6.45) is 4.43. The van der Waals surface area contributed by atoms with E-state index in [1.54, 1.807) is 24.3 Å². The van der Waals surface area contributed by atoms with Crippen molar-refractivity contribution in [2.45, 2.75) is 76.6 Å². The van der Waals surface area contributed by atoms with Crippen molar-refractivity contribution in [2.75, 3.05) is 11.1 Å². The first kappa shape index (κ1) is 26.9. The van der Waals surface area contributed by atoms with Crippen LogP contribution >= 0.6 is 0 Å². The van der Waals surface area contributed by atoms with Gasteiger partial charge in [-0.15, -0.1) is 0 Å². The molecule has 1 fully saturated rings. The van der Waals surface area contributed by atoms with E-state index in [0.29, 0.717) is 35.3 Å². The van der Waals surface area contributed by atoms with Crippen LogP contribution in [0, 0.1) is 0 Å². The summed E-state index contributed by atoms with van der Waals surface area (Å²) in [5.41, 5.74) is 1.04. The molecule has 8 nitrogen and oxygen atoms in total. The molecule has 0 saturated heterocycles. The maximum atomic E-state index is 13.4. The largest absolute Gasteiger partial charge is 0.331 e. The third-order valence-corrected chi connectivity index (χ3v) is 9.51. The Balaban J connectivity index is 1.55. The van der Waals surface area contributed by atoms with E-state index in [1.807, 2.05) is 24.3 Å². The lowest BCUT2D eigenvalue weighted by Crippen LogP contribution is -2.42. The lowest BCUT2D eigenvalue weighted by atomic mass is 10.0. The fourth-order valence-corrected chi connectivity index (χ4v) is 6.95. The van der Waals surface area contributed by atoms with Crippen molar-refractivity contribution in [1.82, 2.24) is 9.13 Å². The number of rotatable bonds is 9. The van der Waals surface area contributed by atoms with E-state index in [2.05, 4.69) is 19.2 Å². The Hall–Kier alpha value is -3.20. The van der Waals surface area contributed by atoms with Gasteiger partial charge in [0.1, 0.15) is 6.54 Å². The Morgan fingerprint density at radius 2 is 1.65 bits per heavy atom. The van der Waals surface area contributed by atoms with E-state index in [-0.39, 0.29) is 30.5 Å². The van der Waals surface area contributed by atoms with Crippen molar-refractivity contribution in [1.29, 1.82) is 0 Å². The molecule has 1 aliphatic carbocycles. The molecule has 1 heterocycles. The second kappa shape index (κ2) is 11.5. The van der Waals surface area contributed by atoms with Gasteiger partial charge in [-0.2, -0.15) is 0 Å². The number of aromatic nitrogens is 2. The zero-order chi connectivity index (χ0) is 26.6. The average Bonchev–Trinajstić information content (AvgIpc) is 2.89. The summed E-state index contributed by atoms with van der Waals surface area (Å²) >= 11 is 0. The number of nitrogens with zero attached hydrogens (tertiary/aromatic N) is 2. The number of amides is 1. The summed E-state index contributed by atoms with van der Waals surface area (Å²) < 4.78 is 27.9. The highest BCUT2D eigenvalue weighted by atomic mass is 32.2. The lowest BCUT2D eigenvalue weighted by Gasteiger charge is -2.21. The predicted octanol–water partition coefficient (Wildman–Crippen LogP) is 4.06. The molecule has 198 valence electrons. The summed E-state index contributed by atoms with van der Waals surface area (Å²) in [6, 6.07) is 14.2. The van der Waals surface area contributed by atoms with Crippen LogP contribution in [-0.2, 0) is 27.7 Å². The predicted molar refractivity (Wildman–Crippen MR) is 147 cm³/mol. The summed E-state index contributed by atoms with van der Waals surface area (Å²) in [7, 11) is -3.28. The number of nitrogens with one attached hydrogen (secondary N) is 1. The number of para-hydroxylation sites is 1. The Bertz CT molecular complexity index is 1480. The van der Waals surface area contributed by atoms with Crippen LogP contribution in [0.4, 0.5) is 5.69 Å². The molecule has 0 aliphatic heterocycles. The minimum Gasteiger partial charge on any atom is -0.325 e. The molecule has 37 heavy (non-hydrogen) atoms. The first-order valence-corrected chi connectivity index (χ1v) is 14.7. The molecule has 1 N–H and O–H groups in total. The van der Waals surface area contributed by atoms with Crippen molar-refractivity contribution in [3.8, 4) is 0 Å². The molecule has 9 heteroatoms. The standard InChI is InChI=1S/C28H35N3O5S/c1-20(2)21-13-15-22(16-14-21)29-26(32)19-31-25-12-7-6-11-24(25)27(33)30(28(31)34)17-8-18-37(35,36)23-9-4-3-5-10-23/h6-7,11-16,20,23H,3-5,8-10,17-19H2,1-2H3,(H,29,32). The maximum absolute atomic E-state index is 13.4. The smallest absolute Gasteiger partial charge is 0.325 e. The monoisotopic (exact) mass is 525 g/mol. The second-order valence-electron chi connectivity index (χ2n) is 10.1. The summed E-state index contributed by atoms with van der Waals surface area (Å²) in [5.74, 6) is -0.0912. The molecular formula is C28H35N3O5S. The van der Waals surface area contributed by atoms with Crippen molar-refractivity contribution < 1.29 is 13.2 Å². The van der Waals surface area contributed by atoms with Gasteiger partial charge in [-0.05, 0) is 55.0 Å². The number of sulfone groups is 1. The van der Waals surface area contributed by atoms with Crippen molar-refractivity contribution in [2.24, 2.45) is 0 Å². The van der Waals surface area contributed by atoms with E-state index in [1.165, 1.54) is 4.57 Å². The number of hydrogen-bond acceptors (Lipinski definition) is 5. The summed E-state index contributed by atoms with van der Waals surface area (Å²) in [4.78, 5) is 39.4. The lowest BCUT2D eigenvalue weighted by molar-refractivity contribution is -0.116. The van der Waals surface area contributed by atoms with E-state index in [4.69, 9.17) is 0 Å². The van der Waals surface area contributed by atoms with Gasteiger partial charge in [0.05, 0.1) is 21.9 Å². The molecule has 1 amide bonds. The number of carbonyl (C=O) groups is 1.